The van der Waals surface area contributed by atoms with E-state index in [0.29, 0.717) is 21.8 Å². The second-order valence-corrected chi connectivity index (χ2v) is 11.2. The summed E-state index contributed by atoms with van der Waals surface area (Å²) < 4.78 is 42.2. The van der Waals surface area contributed by atoms with Crippen molar-refractivity contribution in [2.45, 2.75) is 59.6 Å². The van der Waals surface area contributed by atoms with Crippen molar-refractivity contribution in [3.8, 4) is 0 Å². The van der Waals surface area contributed by atoms with Crippen LogP contribution in [0.2, 0.25) is 0 Å². The first-order valence-corrected chi connectivity index (χ1v) is 15.2. The van der Waals surface area contributed by atoms with Gasteiger partial charge in [0.05, 0.1) is 11.3 Å². The minimum atomic E-state index is -4.45. The van der Waals surface area contributed by atoms with Crippen molar-refractivity contribution in [1.29, 1.82) is 0 Å². The fourth-order valence-corrected chi connectivity index (χ4v) is 5.92. The first-order chi connectivity index (χ1) is 21.1. The maximum Gasteiger partial charge on any atom is 0.417 e. The summed E-state index contributed by atoms with van der Waals surface area (Å²) >= 11 is 0. The van der Waals surface area contributed by atoms with Crippen molar-refractivity contribution >= 4 is 54.8 Å². The molecule has 1 N–H and O–H groups in total. The zero-order valence-electron chi connectivity index (χ0n) is 25.7. The van der Waals surface area contributed by atoms with Gasteiger partial charge in [-0.15, -0.1) is 17.5 Å². The van der Waals surface area contributed by atoms with Crippen molar-refractivity contribution in [2.75, 3.05) is 0 Å². The average molecular weight is 790 g/mol. The van der Waals surface area contributed by atoms with Crippen LogP contribution in [0, 0.1) is 17.9 Å². The Balaban J connectivity index is 0.000000249. The van der Waals surface area contributed by atoms with Gasteiger partial charge in [0, 0.05) is 60.8 Å². The Morgan fingerprint density at radius 3 is 2.11 bits per heavy atom. The molecule has 0 aliphatic carbocycles. The summed E-state index contributed by atoms with van der Waals surface area (Å²) in [6.07, 6.45) is 1.36. The van der Waals surface area contributed by atoms with Crippen LogP contribution in [0.15, 0.2) is 84.8 Å². The van der Waals surface area contributed by atoms with Gasteiger partial charge in [-0.05, 0) is 60.2 Å². The molecule has 8 heteroatoms. The molecule has 3 aromatic carbocycles. The number of nitrogens with zero attached hydrogens (tertiary/aromatic N) is 2. The maximum absolute atomic E-state index is 13.4. The number of aliphatic hydroxyl groups is 1. The van der Waals surface area contributed by atoms with Crippen LogP contribution in [0.3, 0.4) is 0 Å². The van der Waals surface area contributed by atoms with Crippen molar-refractivity contribution in [1.82, 2.24) is 9.38 Å². The number of aromatic nitrogens is 2. The molecule has 0 bridgehead atoms. The van der Waals surface area contributed by atoms with E-state index in [2.05, 4.69) is 17.1 Å². The van der Waals surface area contributed by atoms with Crippen LogP contribution in [0.4, 0.5) is 13.2 Å². The molecule has 6 aromatic rings. The number of ketones is 1. The average Bonchev–Trinajstić information content (AvgIpc) is 3.41. The van der Waals surface area contributed by atoms with Gasteiger partial charge in [-0.2, -0.15) is 13.2 Å². The molecule has 0 amide bonds. The second-order valence-electron chi connectivity index (χ2n) is 11.2. The summed E-state index contributed by atoms with van der Waals surface area (Å²) in [7, 11) is 0. The molecule has 0 saturated heterocycles. The van der Waals surface area contributed by atoms with E-state index in [4.69, 9.17) is 0 Å². The molecule has 237 valence electrons. The Morgan fingerprint density at radius 2 is 1.47 bits per heavy atom. The SMILES string of the molecule is CCC(CC)C(=O)/C=C(\O)C(CC)CC.FC(F)(F)c1cnc2c3[c-]c4ccccc4cc3n3c4ccccc4cc3c2c1.[Ir]. The summed E-state index contributed by atoms with van der Waals surface area (Å²) in [5.74, 6) is 0.547. The maximum atomic E-state index is 13.4. The number of pyridine rings is 2. The molecular weight excluding hydrogens is 754 g/mol. The predicted molar refractivity (Wildman–Crippen MR) is 173 cm³/mol. The van der Waals surface area contributed by atoms with E-state index in [-0.39, 0.29) is 43.5 Å². The number of benzene rings is 3. The number of alkyl halides is 3. The number of carbonyl (C=O) groups excluding carboxylic acids is 1. The summed E-state index contributed by atoms with van der Waals surface area (Å²) in [5, 5.41) is 13.8. The number of para-hydroxylation sites is 1. The predicted octanol–water partition coefficient (Wildman–Crippen LogP) is 10.6. The van der Waals surface area contributed by atoms with E-state index in [0.717, 1.165) is 59.1 Å². The molecule has 0 atom stereocenters. The first-order valence-electron chi connectivity index (χ1n) is 15.2. The van der Waals surface area contributed by atoms with Crippen LogP contribution in [0.1, 0.15) is 58.9 Å². The van der Waals surface area contributed by atoms with E-state index >= 15 is 0 Å². The number of rotatable bonds is 7. The molecule has 0 saturated carbocycles. The Labute approximate surface area is 274 Å². The van der Waals surface area contributed by atoms with Crippen molar-refractivity contribution in [2.24, 2.45) is 11.8 Å². The number of allylic oxidation sites excluding steroid dienone is 2. The first kappa shape index (κ1) is 34.1. The van der Waals surface area contributed by atoms with E-state index in [9.17, 15) is 23.1 Å². The van der Waals surface area contributed by atoms with E-state index in [1.165, 1.54) is 12.1 Å². The smallest absolute Gasteiger partial charge is 0.417 e. The Morgan fingerprint density at radius 1 is 0.867 bits per heavy atom. The Hall–Kier alpha value is -3.74. The number of aliphatic hydroxyl groups excluding tert-OH is 1. The van der Waals surface area contributed by atoms with Crippen LogP contribution < -0.4 is 0 Å². The van der Waals surface area contributed by atoms with Gasteiger partial charge in [0.1, 0.15) is 0 Å². The molecule has 0 aliphatic heterocycles. The van der Waals surface area contributed by atoms with Gasteiger partial charge in [0.25, 0.3) is 0 Å². The van der Waals surface area contributed by atoms with Gasteiger partial charge >= 0.3 is 6.18 Å². The minimum absolute atomic E-state index is 0. The summed E-state index contributed by atoms with van der Waals surface area (Å²) in [4.78, 5) is 16.0. The van der Waals surface area contributed by atoms with Crippen LogP contribution in [0.5, 0.6) is 0 Å². The topological polar surface area (TPSA) is 54.6 Å². The molecule has 4 nitrogen and oxygen atoms in total. The van der Waals surface area contributed by atoms with Crippen LogP contribution >= 0.6 is 0 Å². The minimum Gasteiger partial charge on any atom is -0.512 e. The third-order valence-electron chi connectivity index (χ3n) is 8.53. The van der Waals surface area contributed by atoms with Crippen LogP contribution in [-0.2, 0) is 31.1 Å². The molecule has 0 aliphatic rings. The summed E-state index contributed by atoms with van der Waals surface area (Å²) in [5.41, 5.74) is 2.29. The number of hydrogen-bond donors (Lipinski definition) is 1. The molecule has 0 unspecified atom stereocenters. The van der Waals surface area contributed by atoms with E-state index in [1.54, 1.807) is 0 Å². The Kier molecular flexibility index (Phi) is 10.7. The number of fused-ring (bicyclic) bond motifs is 9. The number of halogens is 3. The van der Waals surface area contributed by atoms with Gasteiger partial charge < -0.3 is 9.51 Å². The van der Waals surface area contributed by atoms with Gasteiger partial charge in [-0.1, -0.05) is 80.9 Å². The van der Waals surface area contributed by atoms with Crippen LogP contribution in [-0.4, -0.2) is 20.3 Å². The summed E-state index contributed by atoms with van der Waals surface area (Å²) in [6.45, 7) is 8.07. The molecule has 0 spiro atoms. The van der Waals surface area contributed by atoms with Crippen molar-refractivity contribution < 1.29 is 43.2 Å². The quantitative estimate of drug-likeness (QED) is 0.0576. The molecular formula is C37H36F3IrN2O2-. The van der Waals surface area contributed by atoms with E-state index in [1.807, 2.05) is 86.7 Å². The fourth-order valence-electron chi connectivity index (χ4n) is 5.92. The van der Waals surface area contributed by atoms with Gasteiger partial charge in [-0.3, -0.25) is 9.78 Å². The molecule has 45 heavy (non-hydrogen) atoms. The van der Waals surface area contributed by atoms with E-state index < -0.39 is 11.7 Å². The van der Waals surface area contributed by atoms with Gasteiger partial charge in [-0.25, -0.2) is 0 Å². The zero-order valence-corrected chi connectivity index (χ0v) is 28.1. The Bertz CT molecular complexity index is 2000. The molecule has 1 radical (unpaired) electrons. The standard InChI is InChI=1S/C24H12F3N2.C13H24O2.Ir/c25-24(26,27)17-12-19-22-11-16-7-3-4-8-20(16)29(22)21-10-15-6-2-1-5-14(15)9-18(21)23(19)28-13-17;1-5-10(6-2)12(14)9-13(15)11(7-3)8-4;/h1-8,10-13H;9-11,14H,5-8H2,1-4H3;/q-1;;/b;12-9-;. The fraction of sp³-hybridized carbons (Fsp3) is 0.297. The van der Waals surface area contributed by atoms with Gasteiger partial charge in [0.2, 0.25) is 0 Å². The summed E-state index contributed by atoms with van der Waals surface area (Å²) in [6, 6.07) is 24.2. The molecule has 3 heterocycles. The van der Waals surface area contributed by atoms with Gasteiger partial charge in [0.15, 0.2) is 5.78 Å². The number of hydrogen-bond acceptors (Lipinski definition) is 3. The van der Waals surface area contributed by atoms with Crippen molar-refractivity contribution in [3.63, 3.8) is 0 Å². The largest absolute Gasteiger partial charge is 0.512 e. The normalized spacial score (nSPS) is 12.3. The zero-order chi connectivity index (χ0) is 31.6. The molecule has 0 fully saturated rings. The van der Waals surface area contributed by atoms with Crippen molar-refractivity contribution in [3.05, 3.63) is 96.4 Å². The monoisotopic (exact) mass is 790 g/mol. The third-order valence-corrected chi connectivity index (χ3v) is 8.53. The number of carbonyl (C=O) groups is 1. The molecule has 3 aromatic heterocycles. The third kappa shape index (κ3) is 6.78. The second kappa shape index (κ2) is 14.1. The van der Waals surface area contributed by atoms with Crippen LogP contribution in [0.25, 0.3) is 49.0 Å². The molecule has 6 rings (SSSR count).